The third-order valence-electron chi connectivity index (χ3n) is 8.40. The van der Waals surface area contributed by atoms with Crippen molar-refractivity contribution in [1.82, 2.24) is 0 Å². The molecule has 0 unspecified atom stereocenters. The Bertz CT molecular complexity index is 1440. The molecule has 0 bridgehead atoms. The van der Waals surface area contributed by atoms with Crippen LogP contribution in [0.4, 0.5) is 0 Å². The largest absolute Gasteiger partial charge is 0.494 e. The lowest BCUT2D eigenvalue weighted by atomic mass is 9.66. The fourth-order valence-electron chi connectivity index (χ4n) is 6.00. The van der Waals surface area contributed by atoms with Gasteiger partial charge in [-0.05, 0) is 78.7 Å². The molecule has 2 heterocycles. The summed E-state index contributed by atoms with van der Waals surface area (Å²) in [6.45, 7) is 8.44. The molecular formula is C31H27BO2S. The molecule has 0 aromatic heterocycles. The highest BCUT2D eigenvalue weighted by atomic mass is 32.2. The van der Waals surface area contributed by atoms with Crippen LogP contribution in [0.2, 0.25) is 0 Å². The monoisotopic (exact) mass is 474 g/mol. The SMILES string of the molecule is CC1(C)OB(c2ccc3c(c2)Sc2ccccc2C32c3ccccc3-c3ccccc32)OC1(C)C. The van der Waals surface area contributed by atoms with Gasteiger partial charge in [-0.2, -0.15) is 0 Å². The summed E-state index contributed by atoms with van der Waals surface area (Å²) in [7, 11) is -0.373. The normalized spacial score (nSPS) is 19.7. The molecule has 1 aliphatic carbocycles. The van der Waals surface area contributed by atoms with Crippen LogP contribution in [-0.2, 0) is 14.7 Å². The average molecular weight is 474 g/mol. The maximum Gasteiger partial charge on any atom is 0.494 e. The van der Waals surface area contributed by atoms with E-state index in [-0.39, 0.29) is 23.7 Å². The maximum absolute atomic E-state index is 6.41. The van der Waals surface area contributed by atoms with Crippen molar-refractivity contribution >= 4 is 24.3 Å². The Hall–Kier alpha value is -2.79. The first-order valence-corrected chi connectivity index (χ1v) is 13.1. The molecule has 0 N–H and O–H groups in total. The highest BCUT2D eigenvalue weighted by Crippen LogP contribution is 2.61. The van der Waals surface area contributed by atoms with Gasteiger partial charge in [-0.3, -0.25) is 0 Å². The van der Waals surface area contributed by atoms with Crippen molar-refractivity contribution in [3.8, 4) is 11.1 Å². The van der Waals surface area contributed by atoms with Crippen LogP contribution in [0.1, 0.15) is 49.9 Å². The van der Waals surface area contributed by atoms with E-state index in [0.29, 0.717) is 0 Å². The molecule has 3 aliphatic rings. The number of hydrogen-bond donors (Lipinski definition) is 0. The fraction of sp³-hybridized carbons (Fsp3) is 0.226. The van der Waals surface area contributed by atoms with Crippen molar-refractivity contribution in [2.24, 2.45) is 0 Å². The van der Waals surface area contributed by atoms with Crippen molar-refractivity contribution in [2.75, 3.05) is 0 Å². The first-order valence-electron chi connectivity index (χ1n) is 12.3. The zero-order valence-electron chi connectivity index (χ0n) is 20.5. The van der Waals surface area contributed by atoms with Gasteiger partial charge in [-0.15, -0.1) is 0 Å². The minimum Gasteiger partial charge on any atom is -0.399 e. The van der Waals surface area contributed by atoms with Gasteiger partial charge in [0.1, 0.15) is 0 Å². The molecule has 4 heteroatoms. The van der Waals surface area contributed by atoms with Gasteiger partial charge in [-0.25, -0.2) is 0 Å². The Kier molecular flexibility index (Phi) is 4.38. The second-order valence-electron chi connectivity index (χ2n) is 10.8. The molecule has 0 atom stereocenters. The fourth-order valence-corrected chi connectivity index (χ4v) is 7.24. The standard InChI is InChI=1S/C31H27BO2S/c1-29(2)30(3,4)34-32(33-29)20-17-18-26-28(19-20)35-27-16-10-9-15-25(27)31(26)23-13-7-5-11-21(23)22-12-6-8-14-24(22)31/h5-19H,1-4H3. The lowest BCUT2D eigenvalue weighted by Crippen LogP contribution is -2.41. The van der Waals surface area contributed by atoms with Gasteiger partial charge in [0.2, 0.25) is 0 Å². The van der Waals surface area contributed by atoms with Gasteiger partial charge in [0.25, 0.3) is 0 Å². The Balaban J connectivity index is 1.49. The zero-order chi connectivity index (χ0) is 24.0. The molecule has 1 fully saturated rings. The van der Waals surface area contributed by atoms with Gasteiger partial charge in [0.15, 0.2) is 0 Å². The summed E-state index contributed by atoms with van der Waals surface area (Å²) in [4.78, 5) is 2.57. The zero-order valence-corrected chi connectivity index (χ0v) is 21.3. The Labute approximate surface area is 211 Å². The summed E-state index contributed by atoms with van der Waals surface area (Å²) in [6, 6.07) is 33.5. The predicted octanol–water partition coefficient (Wildman–Crippen LogP) is 6.81. The van der Waals surface area contributed by atoms with E-state index in [1.807, 2.05) is 11.8 Å². The Morgan fingerprint density at radius 2 is 1.09 bits per heavy atom. The lowest BCUT2D eigenvalue weighted by molar-refractivity contribution is 0.00578. The Morgan fingerprint density at radius 1 is 0.571 bits per heavy atom. The molecule has 35 heavy (non-hydrogen) atoms. The number of rotatable bonds is 1. The van der Waals surface area contributed by atoms with Crippen molar-refractivity contribution < 1.29 is 9.31 Å². The molecule has 2 aliphatic heterocycles. The number of benzene rings is 4. The van der Waals surface area contributed by atoms with E-state index in [4.69, 9.17) is 9.31 Å². The van der Waals surface area contributed by atoms with Crippen molar-refractivity contribution in [3.05, 3.63) is 113 Å². The number of fused-ring (bicyclic) bond motifs is 9. The van der Waals surface area contributed by atoms with Gasteiger partial charge < -0.3 is 9.31 Å². The molecule has 7 rings (SSSR count). The van der Waals surface area contributed by atoms with E-state index in [2.05, 4.69) is 119 Å². The van der Waals surface area contributed by atoms with Gasteiger partial charge in [0.05, 0.1) is 16.6 Å². The van der Waals surface area contributed by atoms with E-state index in [1.165, 1.54) is 43.2 Å². The molecule has 0 saturated carbocycles. The van der Waals surface area contributed by atoms with Crippen LogP contribution in [0, 0.1) is 0 Å². The van der Waals surface area contributed by atoms with E-state index in [1.54, 1.807) is 0 Å². The van der Waals surface area contributed by atoms with Gasteiger partial charge >= 0.3 is 7.12 Å². The summed E-state index contributed by atoms with van der Waals surface area (Å²) >= 11 is 1.85. The maximum atomic E-state index is 6.41. The van der Waals surface area contributed by atoms with Crippen LogP contribution in [0.25, 0.3) is 11.1 Å². The van der Waals surface area contributed by atoms with Crippen LogP contribution >= 0.6 is 11.8 Å². The highest BCUT2D eigenvalue weighted by Gasteiger charge is 2.53. The van der Waals surface area contributed by atoms with E-state index < -0.39 is 0 Å². The van der Waals surface area contributed by atoms with Crippen molar-refractivity contribution in [2.45, 2.75) is 54.1 Å². The van der Waals surface area contributed by atoms with Gasteiger partial charge in [-0.1, -0.05) is 90.6 Å². The quantitative estimate of drug-likeness (QED) is 0.244. The Morgan fingerprint density at radius 3 is 1.71 bits per heavy atom. The molecule has 2 nitrogen and oxygen atoms in total. The first-order chi connectivity index (χ1) is 16.8. The average Bonchev–Trinajstić information content (AvgIpc) is 3.27. The van der Waals surface area contributed by atoms with Crippen molar-refractivity contribution in [1.29, 1.82) is 0 Å². The van der Waals surface area contributed by atoms with Crippen LogP contribution in [0.15, 0.2) is 101 Å². The molecule has 0 radical (unpaired) electrons. The summed E-state index contributed by atoms with van der Waals surface area (Å²) in [5.74, 6) is 0. The topological polar surface area (TPSA) is 18.5 Å². The summed E-state index contributed by atoms with van der Waals surface area (Å²) in [6.07, 6.45) is 0. The summed E-state index contributed by atoms with van der Waals surface area (Å²) in [5.41, 5.74) is 8.07. The number of hydrogen-bond acceptors (Lipinski definition) is 3. The highest BCUT2D eigenvalue weighted by molar-refractivity contribution is 7.99. The molecule has 4 aromatic rings. The predicted molar refractivity (Wildman–Crippen MR) is 144 cm³/mol. The summed E-state index contributed by atoms with van der Waals surface area (Å²) in [5, 5.41) is 0. The third kappa shape index (κ3) is 2.76. The lowest BCUT2D eigenvalue weighted by Gasteiger charge is -2.39. The van der Waals surface area contributed by atoms with Crippen LogP contribution in [0.3, 0.4) is 0 Å². The molecule has 0 amide bonds. The smallest absolute Gasteiger partial charge is 0.399 e. The molecule has 172 valence electrons. The minimum atomic E-state index is -0.373. The van der Waals surface area contributed by atoms with E-state index in [9.17, 15) is 0 Å². The molecule has 1 saturated heterocycles. The second kappa shape index (κ2) is 7.13. The minimum absolute atomic E-state index is 0.334. The van der Waals surface area contributed by atoms with Gasteiger partial charge in [0, 0.05) is 9.79 Å². The third-order valence-corrected chi connectivity index (χ3v) is 9.53. The molecule has 1 spiro atoms. The van der Waals surface area contributed by atoms with Crippen molar-refractivity contribution in [3.63, 3.8) is 0 Å². The molecular weight excluding hydrogens is 447 g/mol. The molecule has 4 aromatic carbocycles. The van der Waals surface area contributed by atoms with Crippen LogP contribution < -0.4 is 5.46 Å². The summed E-state index contributed by atoms with van der Waals surface area (Å²) < 4.78 is 12.8. The van der Waals surface area contributed by atoms with Crippen LogP contribution in [-0.4, -0.2) is 18.3 Å². The van der Waals surface area contributed by atoms with E-state index >= 15 is 0 Å². The van der Waals surface area contributed by atoms with Crippen LogP contribution in [0.5, 0.6) is 0 Å². The second-order valence-corrected chi connectivity index (χ2v) is 11.9. The van der Waals surface area contributed by atoms with E-state index in [0.717, 1.165) is 5.46 Å². The first kappa shape index (κ1) is 21.5.